The molecule has 0 aliphatic rings. The normalized spacial score (nSPS) is 11.5. The molecule has 0 amide bonds. The molecule has 25 heavy (non-hydrogen) atoms. The summed E-state index contributed by atoms with van der Waals surface area (Å²) < 4.78 is 53.1. The first kappa shape index (κ1) is 16.7. The molecule has 0 radical (unpaired) electrons. The van der Waals surface area contributed by atoms with Gasteiger partial charge in [0.15, 0.2) is 6.61 Å². The minimum atomic E-state index is -4.47. The van der Waals surface area contributed by atoms with E-state index in [1.54, 1.807) is 13.0 Å². The van der Waals surface area contributed by atoms with Crippen molar-refractivity contribution >= 4 is 5.97 Å². The van der Waals surface area contributed by atoms with E-state index in [1.807, 2.05) is 0 Å². The van der Waals surface area contributed by atoms with Gasteiger partial charge in [-0.3, -0.25) is 0 Å². The predicted molar refractivity (Wildman–Crippen MR) is 77.3 cm³/mol. The summed E-state index contributed by atoms with van der Waals surface area (Å²) in [5, 5.41) is 3.60. The Balaban J connectivity index is 1.71. The zero-order valence-corrected chi connectivity index (χ0v) is 12.8. The first-order valence-corrected chi connectivity index (χ1v) is 7.06. The number of alkyl halides is 3. The van der Waals surface area contributed by atoms with E-state index in [-0.39, 0.29) is 29.6 Å². The van der Waals surface area contributed by atoms with Gasteiger partial charge in [-0.25, -0.2) is 4.79 Å². The van der Waals surface area contributed by atoms with Crippen LogP contribution in [-0.4, -0.2) is 16.1 Å². The number of nitrogens with zero attached hydrogens (tertiary/aromatic N) is 2. The molecule has 0 unspecified atom stereocenters. The van der Waals surface area contributed by atoms with Gasteiger partial charge in [-0.05, 0) is 25.1 Å². The van der Waals surface area contributed by atoms with Crippen LogP contribution in [0.1, 0.15) is 27.6 Å². The van der Waals surface area contributed by atoms with E-state index in [4.69, 9.17) is 13.7 Å². The minimum absolute atomic E-state index is 0.0358. The van der Waals surface area contributed by atoms with Crippen molar-refractivity contribution in [3.8, 4) is 11.4 Å². The lowest BCUT2D eigenvalue weighted by Crippen LogP contribution is -2.05. The number of halogens is 3. The van der Waals surface area contributed by atoms with Crippen molar-refractivity contribution in [1.82, 2.24) is 10.1 Å². The maximum Gasteiger partial charge on any atom is 0.416 e. The van der Waals surface area contributed by atoms with E-state index < -0.39 is 17.7 Å². The minimum Gasteiger partial charge on any atom is -0.457 e. The lowest BCUT2D eigenvalue weighted by atomic mass is 10.1. The second-order valence-corrected chi connectivity index (χ2v) is 5.10. The molecule has 0 bridgehead atoms. The summed E-state index contributed by atoms with van der Waals surface area (Å²) in [6.45, 7) is 1.35. The van der Waals surface area contributed by atoms with Crippen molar-refractivity contribution in [2.45, 2.75) is 19.7 Å². The number of benzene rings is 1. The lowest BCUT2D eigenvalue weighted by Gasteiger charge is -2.06. The number of furan rings is 1. The number of carbonyl (C=O) groups is 1. The molecule has 6 nitrogen and oxygen atoms in total. The Kier molecular flexibility index (Phi) is 4.30. The molecule has 130 valence electrons. The summed E-state index contributed by atoms with van der Waals surface area (Å²) >= 11 is 0. The van der Waals surface area contributed by atoms with Crippen LogP contribution in [0.5, 0.6) is 0 Å². The first-order chi connectivity index (χ1) is 11.8. The highest BCUT2D eigenvalue weighted by Gasteiger charge is 2.30. The van der Waals surface area contributed by atoms with Crippen LogP contribution in [0.15, 0.2) is 45.5 Å². The molecule has 0 spiro atoms. The Bertz CT molecular complexity index is 899. The van der Waals surface area contributed by atoms with Crippen LogP contribution in [0.4, 0.5) is 13.2 Å². The van der Waals surface area contributed by atoms with Crippen molar-refractivity contribution in [1.29, 1.82) is 0 Å². The first-order valence-electron chi connectivity index (χ1n) is 7.06. The molecule has 2 aromatic heterocycles. The van der Waals surface area contributed by atoms with Crippen LogP contribution in [0.2, 0.25) is 0 Å². The average molecular weight is 352 g/mol. The second-order valence-electron chi connectivity index (χ2n) is 5.10. The molecule has 2 heterocycles. The van der Waals surface area contributed by atoms with E-state index in [9.17, 15) is 18.0 Å². The zero-order valence-electron chi connectivity index (χ0n) is 12.8. The van der Waals surface area contributed by atoms with Gasteiger partial charge in [0.2, 0.25) is 11.6 Å². The second kappa shape index (κ2) is 6.42. The third kappa shape index (κ3) is 3.70. The van der Waals surface area contributed by atoms with Crippen molar-refractivity contribution in [3.05, 3.63) is 59.4 Å². The summed E-state index contributed by atoms with van der Waals surface area (Å²) in [6.07, 6.45) is -3.12. The number of ether oxygens (including phenoxy) is 1. The molecule has 3 rings (SSSR count). The molecular weight excluding hydrogens is 341 g/mol. The molecule has 1 aromatic carbocycles. The van der Waals surface area contributed by atoms with E-state index in [0.717, 1.165) is 12.1 Å². The van der Waals surface area contributed by atoms with Gasteiger partial charge in [-0.15, -0.1) is 0 Å². The van der Waals surface area contributed by atoms with Gasteiger partial charge in [0.05, 0.1) is 11.8 Å². The monoisotopic (exact) mass is 352 g/mol. The number of esters is 1. The van der Waals surface area contributed by atoms with Gasteiger partial charge in [-0.2, -0.15) is 18.2 Å². The molecular formula is C16H11F3N2O4. The highest BCUT2D eigenvalue weighted by molar-refractivity contribution is 5.87. The smallest absolute Gasteiger partial charge is 0.416 e. The molecule has 3 aromatic rings. The fraction of sp³-hybridized carbons (Fsp3) is 0.188. The van der Waals surface area contributed by atoms with Crippen molar-refractivity contribution in [2.75, 3.05) is 0 Å². The van der Waals surface area contributed by atoms with E-state index in [1.165, 1.54) is 18.4 Å². The highest BCUT2D eigenvalue weighted by Crippen LogP contribution is 2.31. The van der Waals surface area contributed by atoms with Crippen LogP contribution in [0.25, 0.3) is 11.4 Å². The Morgan fingerprint density at radius 3 is 2.76 bits per heavy atom. The third-order valence-electron chi connectivity index (χ3n) is 3.29. The molecule has 0 saturated carbocycles. The van der Waals surface area contributed by atoms with Crippen molar-refractivity contribution in [3.63, 3.8) is 0 Å². The lowest BCUT2D eigenvalue weighted by molar-refractivity contribution is -0.137. The molecule has 0 atom stereocenters. The molecule has 0 saturated heterocycles. The van der Waals surface area contributed by atoms with E-state index in [0.29, 0.717) is 5.56 Å². The van der Waals surface area contributed by atoms with Crippen molar-refractivity contribution < 1.29 is 31.6 Å². The molecule has 0 fully saturated rings. The number of rotatable bonds is 4. The summed E-state index contributed by atoms with van der Waals surface area (Å²) in [7, 11) is 0. The number of aromatic nitrogens is 2. The summed E-state index contributed by atoms with van der Waals surface area (Å²) in [5.74, 6) is -0.741. The van der Waals surface area contributed by atoms with E-state index >= 15 is 0 Å². The standard InChI is InChI=1S/C16H11F3N2O4/c1-9-5-6-23-13(9)15(22)24-8-12-20-14(21-25-12)10-3-2-4-11(7-10)16(17,18)19/h2-7H,8H2,1H3. The SMILES string of the molecule is Cc1ccoc1C(=O)OCc1nc(-c2cccc(C(F)(F)F)c2)no1. The van der Waals surface area contributed by atoms with Gasteiger partial charge < -0.3 is 13.7 Å². The van der Waals surface area contributed by atoms with Crippen molar-refractivity contribution in [2.24, 2.45) is 0 Å². The number of aryl methyl sites for hydroxylation is 1. The van der Waals surface area contributed by atoms with Crippen LogP contribution in [0, 0.1) is 6.92 Å². The zero-order chi connectivity index (χ0) is 18.0. The van der Waals surface area contributed by atoms with Crippen LogP contribution in [0.3, 0.4) is 0 Å². The van der Waals surface area contributed by atoms with Gasteiger partial charge in [-0.1, -0.05) is 17.3 Å². The fourth-order valence-electron chi connectivity index (χ4n) is 2.04. The summed E-state index contributed by atoms with van der Waals surface area (Å²) in [6, 6.07) is 6.12. The fourth-order valence-corrected chi connectivity index (χ4v) is 2.04. The van der Waals surface area contributed by atoms with Gasteiger partial charge in [0, 0.05) is 11.1 Å². The summed E-state index contributed by atoms with van der Waals surface area (Å²) in [4.78, 5) is 15.7. The Morgan fingerprint density at radius 1 is 1.28 bits per heavy atom. The van der Waals surface area contributed by atoms with Gasteiger partial charge in [0.1, 0.15) is 0 Å². The Hall–Kier alpha value is -3.10. The largest absolute Gasteiger partial charge is 0.457 e. The number of hydrogen-bond acceptors (Lipinski definition) is 6. The maximum absolute atomic E-state index is 12.7. The van der Waals surface area contributed by atoms with Crippen LogP contribution < -0.4 is 0 Å². The quantitative estimate of drug-likeness (QED) is 0.660. The Labute approximate surface area is 139 Å². The third-order valence-corrected chi connectivity index (χ3v) is 3.29. The van der Waals surface area contributed by atoms with Gasteiger partial charge >= 0.3 is 12.1 Å². The van der Waals surface area contributed by atoms with Crippen LogP contribution >= 0.6 is 0 Å². The number of carbonyl (C=O) groups excluding carboxylic acids is 1. The average Bonchev–Trinajstić information content (AvgIpc) is 3.21. The number of hydrogen-bond donors (Lipinski definition) is 0. The van der Waals surface area contributed by atoms with Crippen LogP contribution in [-0.2, 0) is 17.5 Å². The van der Waals surface area contributed by atoms with E-state index in [2.05, 4.69) is 10.1 Å². The molecule has 0 aliphatic carbocycles. The molecule has 0 aliphatic heterocycles. The topological polar surface area (TPSA) is 78.4 Å². The maximum atomic E-state index is 12.7. The molecule has 0 N–H and O–H groups in total. The highest BCUT2D eigenvalue weighted by atomic mass is 19.4. The predicted octanol–water partition coefficient (Wildman–Crippen LogP) is 4.01. The molecule has 9 heteroatoms. The Morgan fingerprint density at radius 2 is 2.08 bits per heavy atom. The van der Waals surface area contributed by atoms with Gasteiger partial charge in [0.25, 0.3) is 5.89 Å². The summed E-state index contributed by atoms with van der Waals surface area (Å²) in [5.41, 5.74) is -0.0747.